The van der Waals surface area contributed by atoms with Crippen LogP contribution in [-0.4, -0.2) is 47.0 Å². The summed E-state index contributed by atoms with van der Waals surface area (Å²) >= 11 is 1.96. The minimum Gasteiger partial charge on any atom is -0.337 e. The maximum atomic E-state index is 12.4. The third-order valence-corrected chi connectivity index (χ3v) is 4.86. The second-order valence-electron chi connectivity index (χ2n) is 5.41. The molecular formula is C13H25ClN2OS. The van der Waals surface area contributed by atoms with Gasteiger partial charge in [-0.25, -0.2) is 0 Å². The van der Waals surface area contributed by atoms with E-state index in [9.17, 15) is 4.79 Å². The van der Waals surface area contributed by atoms with Gasteiger partial charge in [0.05, 0.1) is 0 Å². The van der Waals surface area contributed by atoms with E-state index >= 15 is 0 Å². The number of carbonyl (C=O) groups is 1. The average molecular weight is 293 g/mol. The zero-order valence-electron chi connectivity index (χ0n) is 11.4. The zero-order valence-corrected chi connectivity index (χ0v) is 13.0. The summed E-state index contributed by atoms with van der Waals surface area (Å²) in [6, 6.07) is 1.27. The quantitative estimate of drug-likeness (QED) is 0.863. The number of hydrogen-bond donors (Lipinski definition) is 1. The zero-order chi connectivity index (χ0) is 12.3. The first-order valence-corrected chi connectivity index (χ1v) is 7.96. The van der Waals surface area contributed by atoms with Crippen LogP contribution in [0.15, 0.2) is 0 Å². The molecule has 0 aromatic carbocycles. The molecule has 2 rings (SSSR count). The van der Waals surface area contributed by atoms with Crippen LogP contribution in [0.2, 0.25) is 0 Å². The Morgan fingerprint density at radius 1 is 1.44 bits per heavy atom. The van der Waals surface area contributed by atoms with Gasteiger partial charge >= 0.3 is 0 Å². The van der Waals surface area contributed by atoms with Crippen molar-refractivity contribution in [3.63, 3.8) is 0 Å². The number of halogens is 1. The van der Waals surface area contributed by atoms with Gasteiger partial charge < -0.3 is 10.2 Å². The molecule has 0 spiro atoms. The molecule has 1 aliphatic carbocycles. The van der Waals surface area contributed by atoms with Crippen molar-refractivity contribution in [2.24, 2.45) is 0 Å². The summed E-state index contributed by atoms with van der Waals surface area (Å²) in [4.78, 5) is 14.5. The molecule has 1 heterocycles. The van der Waals surface area contributed by atoms with Gasteiger partial charge in [0.25, 0.3) is 0 Å². The molecule has 2 fully saturated rings. The Hall–Kier alpha value is 0.0700. The highest BCUT2D eigenvalue weighted by Gasteiger charge is 2.31. The lowest BCUT2D eigenvalue weighted by molar-refractivity contribution is -0.137. The lowest BCUT2D eigenvalue weighted by Gasteiger charge is -2.41. The van der Waals surface area contributed by atoms with Crippen LogP contribution in [0.1, 0.15) is 39.5 Å². The van der Waals surface area contributed by atoms with Crippen molar-refractivity contribution in [1.82, 2.24) is 10.2 Å². The standard InChI is InChI=1S/C13H24N2OS.ClH/c1-10(2)15(12-4-3-5-12)13(16)8-11-9-17-7-6-14-11;/h10-12,14H,3-9H2,1-2H3;1H. The van der Waals surface area contributed by atoms with E-state index in [1.807, 2.05) is 11.8 Å². The third kappa shape index (κ3) is 4.04. The van der Waals surface area contributed by atoms with Crippen molar-refractivity contribution >= 4 is 30.1 Å². The molecular weight excluding hydrogens is 268 g/mol. The molecule has 1 saturated heterocycles. The minimum atomic E-state index is 0. The van der Waals surface area contributed by atoms with Crippen LogP contribution in [0, 0.1) is 0 Å². The highest BCUT2D eigenvalue weighted by Crippen LogP contribution is 2.27. The van der Waals surface area contributed by atoms with Crippen LogP contribution >= 0.6 is 24.2 Å². The molecule has 5 heteroatoms. The fraction of sp³-hybridized carbons (Fsp3) is 0.923. The largest absolute Gasteiger partial charge is 0.337 e. The van der Waals surface area contributed by atoms with Crippen LogP contribution in [0.5, 0.6) is 0 Å². The summed E-state index contributed by atoms with van der Waals surface area (Å²) in [7, 11) is 0. The van der Waals surface area contributed by atoms with E-state index in [4.69, 9.17) is 0 Å². The number of hydrogen-bond acceptors (Lipinski definition) is 3. The van der Waals surface area contributed by atoms with Crippen molar-refractivity contribution < 1.29 is 4.79 Å². The molecule has 1 amide bonds. The van der Waals surface area contributed by atoms with Crippen LogP contribution in [0.4, 0.5) is 0 Å². The second-order valence-corrected chi connectivity index (χ2v) is 6.56. The number of nitrogens with zero attached hydrogens (tertiary/aromatic N) is 1. The minimum absolute atomic E-state index is 0. The number of carbonyl (C=O) groups excluding carboxylic acids is 1. The van der Waals surface area contributed by atoms with Gasteiger partial charge in [-0.05, 0) is 33.1 Å². The highest BCUT2D eigenvalue weighted by molar-refractivity contribution is 7.99. The maximum Gasteiger partial charge on any atom is 0.224 e. The van der Waals surface area contributed by atoms with Crippen molar-refractivity contribution in [1.29, 1.82) is 0 Å². The Morgan fingerprint density at radius 3 is 2.61 bits per heavy atom. The molecule has 1 atom stereocenters. The molecule has 1 N–H and O–H groups in total. The van der Waals surface area contributed by atoms with Crippen molar-refractivity contribution in [3.8, 4) is 0 Å². The molecule has 0 radical (unpaired) electrons. The number of thioether (sulfide) groups is 1. The van der Waals surface area contributed by atoms with E-state index in [1.54, 1.807) is 0 Å². The normalized spacial score (nSPS) is 24.3. The lowest BCUT2D eigenvalue weighted by Crippen LogP contribution is -2.50. The van der Waals surface area contributed by atoms with E-state index in [1.165, 1.54) is 25.0 Å². The highest BCUT2D eigenvalue weighted by atomic mass is 35.5. The third-order valence-electron chi connectivity index (χ3n) is 3.73. The molecule has 3 nitrogen and oxygen atoms in total. The van der Waals surface area contributed by atoms with E-state index < -0.39 is 0 Å². The molecule has 0 aromatic heterocycles. The monoisotopic (exact) mass is 292 g/mol. The Bertz CT molecular complexity index is 266. The maximum absolute atomic E-state index is 12.4. The fourth-order valence-corrected chi connectivity index (χ4v) is 3.59. The van der Waals surface area contributed by atoms with E-state index in [0.717, 1.165) is 12.3 Å². The Kier molecular flexibility index (Phi) is 6.82. The van der Waals surface area contributed by atoms with E-state index in [0.29, 0.717) is 30.5 Å². The van der Waals surface area contributed by atoms with Gasteiger partial charge in [-0.2, -0.15) is 11.8 Å². The lowest BCUT2D eigenvalue weighted by atomic mass is 9.90. The Morgan fingerprint density at radius 2 is 2.17 bits per heavy atom. The van der Waals surface area contributed by atoms with Gasteiger partial charge in [-0.15, -0.1) is 12.4 Å². The van der Waals surface area contributed by atoms with Crippen LogP contribution in [0.3, 0.4) is 0 Å². The van der Waals surface area contributed by atoms with Gasteiger partial charge in [0, 0.05) is 42.6 Å². The van der Waals surface area contributed by atoms with E-state index in [-0.39, 0.29) is 12.4 Å². The van der Waals surface area contributed by atoms with Crippen molar-refractivity contribution in [2.45, 2.75) is 57.7 Å². The summed E-state index contributed by atoms with van der Waals surface area (Å²) in [6.07, 6.45) is 4.38. The molecule has 1 unspecified atom stereocenters. The molecule has 2 aliphatic rings. The summed E-state index contributed by atoms with van der Waals surface area (Å²) in [6.45, 7) is 5.33. The predicted molar refractivity (Wildman–Crippen MR) is 80.6 cm³/mol. The van der Waals surface area contributed by atoms with Crippen LogP contribution < -0.4 is 5.32 Å². The smallest absolute Gasteiger partial charge is 0.224 e. The van der Waals surface area contributed by atoms with Gasteiger partial charge in [-0.3, -0.25) is 4.79 Å². The molecule has 18 heavy (non-hydrogen) atoms. The average Bonchev–Trinajstić information content (AvgIpc) is 2.23. The van der Waals surface area contributed by atoms with Gasteiger partial charge in [0.15, 0.2) is 0 Å². The molecule has 1 aliphatic heterocycles. The summed E-state index contributed by atoms with van der Waals surface area (Å²) < 4.78 is 0. The SMILES string of the molecule is CC(C)N(C(=O)CC1CSCCN1)C1CCC1.Cl. The summed E-state index contributed by atoms with van der Waals surface area (Å²) in [5.41, 5.74) is 0. The molecule has 0 aromatic rings. The summed E-state index contributed by atoms with van der Waals surface area (Å²) in [5, 5.41) is 3.45. The number of amides is 1. The number of rotatable bonds is 4. The van der Waals surface area contributed by atoms with Crippen LogP contribution in [-0.2, 0) is 4.79 Å². The Balaban J connectivity index is 0.00000162. The number of nitrogens with one attached hydrogen (secondary N) is 1. The first-order valence-electron chi connectivity index (χ1n) is 6.80. The first kappa shape index (κ1) is 16.1. The van der Waals surface area contributed by atoms with Gasteiger partial charge in [0.1, 0.15) is 0 Å². The predicted octanol–water partition coefficient (Wildman–Crippen LogP) is 2.29. The fourth-order valence-electron chi connectivity index (χ4n) is 2.65. The summed E-state index contributed by atoms with van der Waals surface area (Å²) in [5.74, 6) is 2.62. The van der Waals surface area contributed by atoms with E-state index in [2.05, 4.69) is 24.1 Å². The molecule has 0 bridgehead atoms. The second kappa shape index (κ2) is 7.61. The topological polar surface area (TPSA) is 32.3 Å². The van der Waals surface area contributed by atoms with Crippen molar-refractivity contribution in [2.75, 3.05) is 18.1 Å². The first-order chi connectivity index (χ1) is 8.18. The molecule has 106 valence electrons. The van der Waals surface area contributed by atoms with Crippen LogP contribution in [0.25, 0.3) is 0 Å². The van der Waals surface area contributed by atoms with Gasteiger partial charge in [0.2, 0.25) is 5.91 Å². The van der Waals surface area contributed by atoms with Crippen molar-refractivity contribution in [3.05, 3.63) is 0 Å². The van der Waals surface area contributed by atoms with Gasteiger partial charge in [-0.1, -0.05) is 0 Å². The Labute approximate surface area is 121 Å². The molecule has 1 saturated carbocycles.